The molecular formula is C7H14N4O3. The van der Waals surface area contributed by atoms with Gasteiger partial charge in [-0.1, -0.05) is 0 Å². The van der Waals surface area contributed by atoms with Crippen LogP contribution in [0.25, 0.3) is 0 Å². The highest BCUT2D eigenvalue weighted by molar-refractivity contribution is 6.63. The van der Waals surface area contributed by atoms with Crippen LogP contribution in [0, 0.1) is 5.41 Å². The molecule has 0 saturated heterocycles. The summed E-state index contributed by atoms with van der Waals surface area (Å²) in [4.78, 5) is 21.0. The summed E-state index contributed by atoms with van der Waals surface area (Å²) in [5.74, 6) is -3.07. The molecule has 0 aromatic heterocycles. The van der Waals surface area contributed by atoms with Crippen LogP contribution in [-0.2, 0) is 9.59 Å². The van der Waals surface area contributed by atoms with E-state index in [2.05, 4.69) is 0 Å². The number of carbonyl (C=O) groups is 2. The fourth-order valence-corrected chi connectivity index (χ4v) is 0.786. The SMILES string of the molecule is CC(N)C(N)C(N)C(=N)C(=O)C(=O)O. The van der Waals surface area contributed by atoms with Crippen LogP contribution in [0.3, 0.4) is 0 Å². The number of hydrogen-bond donors (Lipinski definition) is 5. The van der Waals surface area contributed by atoms with E-state index in [-0.39, 0.29) is 0 Å². The van der Waals surface area contributed by atoms with Gasteiger partial charge in [-0.3, -0.25) is 10.2 Å². The molecule has 0 spiro atoms. The van der Waals surface area contributed by atoms with E-state index in [1.165, 1.54) is 0 Å². The number of hydrogen-bond acceptors (Lipinski definition) is 6. The molecule has 3 unspecified atom stereocenters. The number of rotatable bonds is 5. The number of aliphatic carboxylic acids is 1. The second-order valence-corrected chi connectivity index (χ2v) is 3.01. The molecule has 0 rings (SSSR count). The predicted molar refractivity (Wildman–Crippen MR) is 50.0 cm³/mol. The quantitative estimate of drug-likeness (QED) is 0.248. The number of nitrogens with one attached hydrogen (secondary N) is 1. The largest absolute Gasteiger partial charge is 0.475 e. The summed E-state index contributed by atoms with van der Waals surface area (Å²) >= 11 is 0. The Kier molecular flexibility index (Phi) is 4.35. The first kappa shape index (κ1) is 12.7. The molecule has 80 valence electrons. The maximum absolute atomic E-state index is 10.8. The second kappa shape index (κ2) is 4.80. The summed E-state index contributed by atoms with van der Waals surface area (Å²) in [5.41, 5.74) is 15.5. The van der Waals surface area contributed by atoms with Crippen LogP contribution in [0.1, 0.15) is 6.92 Å². The van der Waals surface area contributed by atoms with Gasteiger partial charge in [0.15, 0.2) is 0 Å². The maximum Gasteiger partial charge on any atom is 0.378 e. The summed E-state index contributed by atoms with van der Waals surface area (Å²) in [6, 6.07) is -2.49. The van der Waals surface area contributed by atoms with Crippen molar-refractivity contribution in [1.82, 2.24) is 0 Å². The monoisotopic (exact) mass is 202 g/mol. The molecule has 0 radical (unpaired) electrons. The average molecular weight is 202 g/mol. The Hall–Kier alpha value is -1.31. The molecular weight excluding hydrogens is 188 g/mol. The van der Waals surface area contributed by atoms with Gasteiger partial charge >= 0.3 is 5.97 Å². The first-order chi connectivity index (χ1) is 6.29. The van der Waals surface area contributed by atoms with Crippen molar-refractivity contribution in [3.05, 3.63) is 0 Å². The van der Waals surface area contributed by atoms with Crippen molar-refractivity contribution >= 4 is 17.5 Å². The normalized spacial score (nSPS) is 16.9. The number of carbonyl (C=O) groups excluding carboxylic acids is 1. The lowest BCUT2D eigenvalue weighted by Gasteiger charge is -2.22. The molecule has 0 heterocycles. The molecule has 3 atom stereocenters. The Balaban J connectivity index is 4.55. The van der Waals surface area contributed by atoms with E-state index in [1.807, 2.05) is 0 Å². The Morgan fingerprint density at radius 3 is 2.00 bits per heavy atom. The second-order valence-electron chi connectivity index (χ2n) is 3.01. The van der Waals surface area contributed by atoms with Crippen molar-refractivity contribution in [2.24, 2.45) is 17.2 Å². The zero-order chi connectivity index (χ0) is 11.5. The van der Waals surface area contributed by atoms with E-state index in [0.29, 0.717) is 0 Å². The highest BCUT2D eigenvalue weighted by Gasteiger charge is 2.29. The van der Waals surface area contributed by atoms with Crippen LogP contribution >= 0.6 is 0 Å². The van der Waals surface area contributed by atoms with Gasteiger partial charge < -0.3 is 22.3 Å². The lowest BCUT2D eigenvalue weighted by molar-refractivity contribution is -0.146. The predicted octanol–water partition coefficient (Wildman–Crippen LogP) is -2.34. The summed E-state index contributed by atoms with van der Waals surface area (Å²) < 4.78 is 0. The number of carboxylic acid groups (broad SMARTS) is 1. The van der Waals surface area contributed by atoms with Gasteiger partial charge in [0.2, 0.25) is 0 Å². The van der Waals surface area contributed by atoms with Gasteiger partial charge in [-0.05, 0) is 6.92 Å². The Morgan fingerprint density at radius 2 is 1.71 bits per heavy atom. The van der Waals surface area contributed by atoms with E-state index in [9.17, 15) is 9.59 Å². The van der Waals surface area contributed by atoms with E-state index in [4.69, 9.17) is 27.7 Å². The molecule has 0 aliphatic rings. The third kappa shape index (κ3) is 2.87. The van der Waals surface area contributed by atoms with Gasteiger partial charge in [0, 0.05) is 12.1 Å². The van der Waals surface area contributed by atoms with E-state index >= 15 is 0 Å². The smallest absolute Gasteiger partial charge is 0.378 e. The Bertz CT molecular complexity index is 264. The van der Waals surface area contributed by atoms with Crippen molar-refractivity contribution in [2.45, 2.75) is 25.0 Å². The molecule has 0 aromatic rings. The molecule has 7 nitrogen and oxygen atoms in total. The molecule has 8 N–H and O–H groups in total. The summed E-state index contributed by atoms with van der Waals surface area (Å²) in [6.45, 7) is 1.56. The van der Waals surface area contributed by atoms with Crippen molar-refractivity contribution in [3.63, 3.8) is 0 Å². The molecule has 0 saturated carbocycles. The van der Waals surface area contributed by atoms with Crippen LogP contribution in [0.5, 0.6) is 0 Å². The van der Waals surface area contributed by atoms with E-state index in [1.54, 1.807) is 6.92 Å². The fourth-order valence-electron chi connectivity index (χ4n) is 0.786. The summed E-state index contributed by atoms with van der Waals surface area (Å²) in [7, 11) is 0. The van der Waals surface area contributed by atoms with Crippen molar-refractivity contribution < 1.29 is 14.7 Å². The first-order valence-corrected chi connectivity index (χ1v) is 3.91. The molecule has 14 heavy (non-hydrogen) atoms. The summed E-state index contributed by atoms with van der Waals surface area (Å²) in [5, 5.41) is 15.5. The molecule has 0 aliphatic carbocycles. The molecule has 7 heteroatoms. The fraction of sp³-hybridized carbons (Fsp3) is 0.571. The number of carboxylic acids is 1. The number of ketones is 1. The number of nitrogens with two attached hydrogens (primary N) is 3. The zero-order valence-electron chi connectivity index (χ0n) is 7.73. The van der Waals surface area contributed by atoms with E-state index < -0.39 is 35.6 Å². The zero-order valence-corrected chi connectivity index (χ0v) is 7.73. The third-order valence-electron chi connectivity index (χ3n) is 1.79. The van der Waals surface area contributed by atoms with Gasteiger partial charge in [0.1, 0.15) is 5.71 Å². The first-order valence-electron chi connectivity index (χ1n) is 3.91. The lowest BCUT2D eigenvalue weighted by Crippen LogP contribution is -2.57. The third-order valence-corrected chi connectivity index (χ3v) is 1.79. The van der Waals surface area contributed by atoms with Crippen LogP contribution in [0.15, 0.2) is 0 Å². The van der Waals surface area contributed by atoms with Gasteiger partial charge in [-0.2, -0.15) is 0 Å². The molecule has 0 bridgehead atoms. The van der Waals surface area contributed by atoms with Gasteiger partial charge in [-0.25, -0.2) is 4.79 Å². The molecule has 0 amide bonds. The minimum atomic E-state index is -1.72. The minimum absolute atomic E-state index is 0.521. The average Bonchev–Trinajstić information content (AvgIpc) is 2.12. The lowest BCUT2D eigenvalue weighted by atomic mass is 9.97. The standard InChI is InChI=1S/C7H14N4O3/c1-2(8)3(9)4(10)5(11)6(12)7(13)14/h2-4,11H,8-10H2,1H3,(H,13,14). The van der Waals surface area contributed by atoms with Gasteiger partial charge in [-0.15, -0.1) is 0 Å². The Labute approximate surface area is 80.8 Å². The Morgan fingerprint density at radius 1 is 1.29 bits per heavy atom. The highest BCUT2D eigenvalue weighted by atomic mass is 16.4. The topological polar surface area (TPSA) is 156 Å². The van der Waals surface area contributed by atoms with Crippen LogP contribution in [-0.4, -0.2) is 40.7 Å². The minimum Gasteiger partial charge on any atom is -0.475 e. The van der Waals surface area contributed by atoms with Crippen LogP contribution < -0.4 is 17.2 Å². The van der Waals surface area contributed by atoms with Crippen molar-refractivity contribution in [3.8, 4) is 0 Å². The number of Topliss-reactive ketones (excluding diaryl/α,β-unsaturated/α-hetero) is 1. The van der Waals surface area contributed by atoms with Crippen LogP contribution in [0.2, 0.25) is 0 Å². The van der Waals surface area contributed by atoms with Crippen molar-refractivity contribution in [2.75, 3.05) is 0 Å². The molecule has 0 aliphatic heterocycles. The van der Waals surface area contributed by atoms with Gasteiger partial charge in [0.05, 0.1) is 6.04 Å². The van der Waals surface area contributed by atoms with Crippen LogP contribution in [0.4, 0.5) is 0 Å². The highest BCUT2D eigenvalue weighted by Crippen LogP contribution is 1.95. The van der Waals surface area contributed by atoms with E-state index in [0.717, 1.165) is 0 Å². The summed E-state index contributed by atoms with van der Waals surface area (Å²) in [6.07, 6.45) is 0. The van der Waals surface area contributed by atoms with Gasteiger partial charge in [0.25, 0.3) is 5.78 Å². The maximum atomic E-state index is 10.8. The molecule has 0 aromatic carbocycles. The van der Waals surface area contributed by atoms with Crippen molar-refractivity contribution in [1.29, 1.82) is 5.41 Å². The molecule has 0 fully saturated rings.